The Hall–Kier alpha value is -5.60. The molecule has 540 valence electrons. The number of carbonyl (C=O) groups excluding carboxylic acids is 6. The highest BCUT2D eigenvalue weighted by Gasteiger charge is 2.65. The van der Waals surface area contributed by atoms with Crippen molar-refractivity contribution in [2.75, 3.05) is 13.7 Å². The summed E-state index contributed by atoms with van der Waals surface area (Å²) >= 11 is 0. The van der Waals surface area contributed by atoms with Crippen LogP contribution in [0.3, 0.4) is 0 Å². The molecule has 1 spiro atoms. The van der Waals surface area contributed by atoms with Crippen LogP contribution in [0, 0.1) is 51.0 Å². The first kappa shape index (κ1) is 74.1. The van der Waals surface area contributed by atoms with Crippen molar-refractivity contribution in [2.45, 2.75) is 281 Å². The van der Waals surface area contributed by atoms with Crippen LogP contribution in [-0.4, -0.2) is 209 Å². The molecule has 1 amide bonds. The number of nitrogens with one attached hydrogen (secondary N) is 1. The Bertz CT molecular complexity index is 3100. The first-order valence-corrected chi connectivity index (χ1v) is 34.1. The van der Waals surface area contributed by atoms with Crippen LogP contribution >= 0.6 is 0 Å². The zero-order chi connectivity index (χ0) is 70.5. The molecule has 6 saturated heterocycles. The number of hydrogen-bond donors (Lipinski definition) is 5. The number of carbonyl (C=O) groups is 6. The predicted molar refractivity (Wildman–Crippen MR) is 336 cm³/mol. The molecule has 0 aromatic rings. The molecule has 7 fully saturated rings. The van der Waals surface area contributed by atoms with Crippen LogP contribution < -0.4 is 5.32 Å². The highest BCUT2D eigenvalue weighted by atomic mass is 16.8. The van der Waals surface area contributed by atoms with Crippen molar-refractivity contribution in [3.8, 4) is 0 Å². The lowest BCUT2D eigenvalue weighted by Crippen LogP contribution is -2.65. The second-order valence-corrected chi connectivity index (χ2v) is 28.8. The van der Waals surface area contributed by atoms with Gasteiger partial charge in [-0.05, 0) is 102 Å². The van der Waals surface area contributed by atoms with Crippen LogP contribution in [0.4, 0.5) is 4.79 Å². The Morgan fingerprint density at radius 1 is 0.732 bits per heavy atom. The second-order valence-electron chi connectivity index (χ2n) is 28.8. The number of aliphatic hydroxyl groups is 4. The summed E-state index contributed by atoms with van der Waals surface area (Å²) in [6.07, 6.45) is -6.61. The maximum Gasteiger partial charge on any atom is 0.407 e. The van der Waals surface area contributed by atoms with Crippen LogP contribution in [0.5, 0.6) is 0 Å². The first-order chi connectivity index (χ1) is 45.8. The van der Waals surface area contributed by atoms with E-state index in [1.165, 1.54) is 32.9 Å². The zero-order valence-corrected chi connectivity index (χ0v) is 57.5. The number of esters is 3. The fourth-order valence-electron chi connectivity index (χ4n) is 17.1. The number of hydrogen-bond acceptors (Lipinski definition) is 26. The van der Waals surface area contributed by atoms with E-state index in [0.29, 0.717) is 49.5 Å². The highest BCUT2D eigenvalue weighted by Crippen LogP contribution is 2.61. The zero-order valence-electron chi connectivity index (χ0n) is 57.5. The topological polar surface area (TPSA) is 368 Å². The maximum atomic E-state index is 15.6. The van der Waals surface area contributed by atoms with Crippen LogP contribution in [0.2, 0.25) is 0 Å². The largest absolute Gasteiger partial charge is 0.511 e. The molecule has 0 aromatic heterocycles. The van der Waals surface area contributed by atoms with Crippen molar-refractivity contribution in [2.24, 2.45) is 40.9 Å². The summed E-state index contributed by atoms with van der Waals surface area (Å²) in [5.41, 5.74) is -5.15. The monoisotopic (exact) mass is 1370 g/mol. The van der Waals surface area contributed by atoms with Crippen LogP contribution in [0.25, 0.3) is 0 Å². The van der Waals surface area contributed by atoms with E-state index in [1.54, 1.807) is 34.6 Å². The first-order valence-electron chi connectivity index (χ1n) is 34.1. The van der Waals surface area contributed by atoms with Gasteiger partial charge in [0.05, 0.1) is 80.5 Å². The molecule has 29 unspecified atom stereocenters. The molecule has 10 aliphatic rings. The SMILES string of the molecule is COC(=O)NC1C(C)OC(OC2C/C=C(\C)C3C=CC4C(OC5CC(OC6CCC(OC7CC(O)C(OC8CCC(O)C(C)O8)C(C)O7)C(C)O6)C(OC(C)=O)C(COC(C)=O)O5)C(C)CC(C)C4C3(C)/C(O)=C3\C(=O)OC4(CC(C=O)=CC(O)C4/C=C/2C)C3=O)CC1(C)[N+](=O)[O-]. The van der Waals surface area contributed by atoms with Gasteiger partial charge in [0.25, 0.3) is 0 Å². The number of amides is 1. The van der Waals surface area contributed by atoms with Crippen LogP contribution in [0.15, 0.2) is 58.4 Å². The number of ketones is 1. The molecule has 0 aromatic carbocycles. The fraction of sp³-hybridized carbons (Fsp3) is 0.768. The highest BCUT2D eigenvalue weighted by molar-refractivity contribution is 6.26. The van der Waals surface area contributed by atoms with Gasteiger partial charge in [-0.2, -0.15) is 0 Å². The molecule has 6 aliphatic heterocycles. The fourth-order valence-corrected chi connectivity index (χ4v) is 17.1. The molecule has 29 atom stereocenters. The lowest BCUT2D eigenvalue weighted by molar-refractivity contribution is -0.584. The average molecular weight is 1370 g/mol. The van der Waals surface area contributed by atoms with Gasteiger partial charge in [0, 0.05) is 75.0 Å². The van der Waals surface area contributed by atoms with E-state index < -0.39 is 216 Å². The van der Waals surface area contributed by atoms with Gasteiger partial charge in [-0.3, -0.25) is 29.3 Å². The minimum atomic E-state index is -2.24. The van der Waals surface area contributed by atoms with Crippen molar-refractivity contribution >= 4 is 36.1 Å². The Morgan fingerprint density at radius 3 is 2.05 bits per heavy atom. The average Bonchev–Trinajstić information content (AvgIpc) is 1.68. The van der Waals surface area contributed by atoms with Crippen molar-refractivity contribution in [3.05, 3.63) is 68.5 Å². The van der Waals surface area contributed by atoms with E-state index in [4.69, 9.17) is 66.3 Å². The number of Topliss-reactive ketones (excluding diaryl/α,β-unsaturated/α-hetero) is 1. The van der Waals surface area contributed by atoms with Gasteiger partial charge in [-0.15, -0.1) is 0 Å². The van der Waals surface area contributed by atoms with E-state index in [-0.39, 0.29) is 49.7 Å². The van der Waals surface area contributed by atoms with Crippen molar-refractivity contribution in [3.63, 3.8) is 0 Å². The summed E-state index contributed by atoms with van der Waals surface area (Å²) in [6.45, 7) is 19.8. The van der Waals surface area contributed by atoms with Gasteiger partial charge in [0.1, 0.15) is 48.6 Å². The Labute approximate surface area is 564 Å². The van der Waals surface area contributed by atoms with E-state index in [2.05, 4.69) is 5.32 Å². The molecular weight excluding hydrogens is 1270 g/mol. The number of nitrogens with zero attached hydrogens (tertiary/aromatic N) is 1. The van der Waals surface area contributed by atoms with Gasteiger partial charge < -0.3 is 92.1 Å². The normalized spacial score (nSPS) is 46.6. The lowest BCUT2D eigenvalue weighted by atomic mass is 9.49. The Kier molecular flexibility index (Phi) is 22.9. The molecule has 28 nitrogen and oxygen atoms in total. The maximum absolute atomic E-state index is 15.6. The number of aliphatic hydroxyl groups excluding tert-OH is 4. The van der Waals surface area contributed by atoms with E-state index in [0.717, 1.165) is 7.11 Å². The Morgan fingerprint density at radius 2 is 1.39 bits per heavy atom. The second kappa shape index (κ2) is 29.9. The molecule has 0 radical (unpaired) electrons. The number of fused-ring (bicyclic) bond motifs is 4. The van der Waals surface area contributed by atoms with Crippen molar-refractivity contribution in [1.82, 2.24) is 5.32 Å². The van der Waals surface area contributed by atoms with Crippen molar-refractivity contribution in [1.29, 1.82) is 0 Å². The molecule has 6 heterocycles. The number of alkyl carbamates (subject to hydrolysis) is 1. The number of aldehydes is 1. The third kappa shape index (κ3) is 15.1. The minimum absolute atomic E-state index is 0.0235. The van der Waals surface area contributed by atoms with Gasteiger partial charge in [-0.25, -0.2) is 9.59 Å². The number of rotatable bonds is 16. The molecule has 2 bridgehead atoms. The van der Waals surface area contributed by atoms with Gasteiger partial charge >= 0.3 is 24.0 Å². The predicted octanol–water partition coefficient (Wildman–Crippen LogP) is 5.90. The number of allylic oxidation sites excluding steroid dienone is 3. The quantitative estimate of drug-likeness (QED) is 0.0228. The van der Waals surface area contributed by atoms with Gasteiger partial charge in [0.15, 0.2) is 43.2 Å². The van der Waals surface area contributed by atoms with Gasteiger partial charge in [0.2, 0.25) is 11.3 Å². The molecule has 5 N–H and O–H groups in total. The summed E-state index contributed by atoms with van der Waals surface area (Å²) in [7, 11) is 1.14. The van der Waals surface area contributed by atoms with Crippen LogP contribution in [-0.2, 0) is 90.3 Å². The molecule has 10 rings (SSSR count). The third-order valence-corrected chi connectivity index (χ3v) is 22.0. The summed E-state index contributed by atoms with van der Waals surface area (Å²) in [4.78, 5) is 93.3. The summed E-state index contributed by atoms with van der Waals surface area (Å²) in [6, 6.07) is -1.14. The molecule has 4 aliphatic carbocycles. The number of ether oxygens (including phenoxy) is 14. The van der Waals surface area contributed by atoms with Crippen LogP contribution in [0.1, 0.15) is 147 Å². The molecule has 97 heavy (non-hydrogen) atoms. The smallest absolute Gasteiger partial charge is 0.407 e. The number of methoxy groups -OCH3 is 1. The van der Waals surface area contributed by atoms with Crippen molar-refractivity contribution < 1.29 is 120 Å². The Balaban J connectivity index is 0.931. The van der Waals surface area contributed by atoms with E-state index >= 15 is 4.79 Å². The van der Waals surface area contributed by atoms with E-state index in [9.17, 15) is 54.5 Å². The summed E-state index contributed by atoms with van der Waals surface area (Å²) in [5.74, 6) is -7.72. The minimum Gasteiger partial charge on any atom is -0.511 e. The lowest BCUT2D eigenvalue weighted by Gasteiger charge is -2.57. The molecule has 1 saturated carbocycles. The number of nitro groups is 1. The third-order valence-electron chi connectivity index (χ3n) is 22.0. The molecular formula is C69H98N2O26. The van der Waals surface area contributed by atoms with E-state index in [1.807, 2.05) is 45.9 Å². The standard InChI is InChI=1S/C69H98N2O26/c1-31-14-18-48(91-56-28-67(11,71(82)83)62(38(8)89-56)70-66(81)84-13)32(2)23-44-46(76)24-41(29-72)27-69(44)64(79)57(65(80)97-69)63(78)68(12)43(31)16-15-42-58(68)33(3)22-34(4)59(42)96-55-26-50(61(90-40(10)74)51(94-55)30-85-39(9)73)93-52-21-19-49(36(6)87-52)92-54-25-47(77)60(37(7)88-54)95-53-20-17-45(75)35(5)86-53/h14-16,23-24,29,33-38,42-56,58-62,75-78H,17-22,25-28,30H2,1-13H3,(H,70,81)/b31-14+,32-23+,63-57+. The summed E-state index contributed by atoms with van der Waals surface area (Å²) < 4.78 is 87.2. The summed E-state index contributed by atoms with van der Waals surface area (Å²) in [5, 5.41) is 62.2. The van der Waals surface area contributed by atoms with Gasteiger partial charge in [-0.1, -0.05) is 50.6 Å². The molecule has 28 heteroatoms.